The minimum absolute atomic E-state index is 0.179. The Kier molecular flexibility index (Phi) is 3.53. The minimum Gasteiger partial charge on any atom is -0.219 e. The molecule has 0 saturated carbocycles. The molecule has 0 bridgehead atoms. The Bertz CT molecular complexity index is 609. The molecule has 2 rings (SSSR count). The molecule has 0 saturated heterocycles. The van der Waals surface area contributed by atoms with E-state index in [1.807, 2.05) is 6.92 Å². The summed E-state index contributed by atoms with van der Waals surface area (Å²) >= 11 is 0. The predicted octanol–water partition coefficient (Wildman–Crippen LogP) is 3.06. The lowest BCUT2D eigenvalue weighted by molar-refractivity contribution is 0.554. The van der Waals surface area contributed by atoms with Crippen molar-refractivity contribution in [1.82, 2.24) is 0 Å². The van der Waals surface area contributed by atoms with Crippen molar-refractivity contribution in [2.24, 2.45) is 5.92 Å². The zero-order valence-corrected chi connectivity index (χ0v) is 11.1. The van der Waals surface area contributed by atoms with Crippen molar-refractivity contribution in [2.75, 3.05) is 0 Å². The van der Waals surface area contributed by atoms with Crippen molar-refractivity contribution in [2.45, 2.75) is 31.1 Å². The summed E-state index contributed by atoms with van der Waals surface area (Å²) in [6.45, 7) is 1.85. The second kappa shape index (κ2) is 4.95. The predicted molar refractivity (Wildman–Crippen MR) is 69.3 cm³/mol. The number of benzene rings is 1. The van der Waals surface area contributed by atoms with Crippen LogP contribution in [0.1, 0.15) is 26.2 Å². The topological polar surface area (TPSA) is 57.9 Å². The first-order valence-corrected chi connectivity index (χ1v) is 7.42. The average Bonchev–Trinajstić information content (AvgIpc) is 2.40. The Morgan fingerprint density at radius 3 is 2.56 bits per heavy atom. The Hall–Kier alpha value is -1.60. The zero-order chi connectivity index (χ0) is 13.2. The molecular formula is C14H15NO2S. The van der Waals surface area contributed by atoms with Crippen LogP contribution in [0.3, 0.4) is 0 Å². The maximum Gasteiger partial charge on any atom is 0.202 e. The van der Waals surface area contributed by atoms with Crippen LogP contribution in [-0.4, -0.2) is 8.42 Å². The number of nitriles is 1. The summed E-state index contributed by atoms with van der Waals surface area (Å²) in [5, 5.41) is 8.96. The van der Waals surface area contributed by atoms with Gasteiger partial charge < -0.3 is 0 Å². The van der Waals surface area contributed by atoms with Crippen molar-refractivity contribution in [3.8, 4) is 6.07 Å². The molecule has 0 spiro atoms. The highest BCUT2D eigenvalue weighted by molar-refractivity contribution is 7.95. The summed E-state index contributed by atoms with van der Waals surface area (Å²) < 4.78 is 25.0. The SMILES string of the molecule is CC1=C(S(=O)(=O)c2ccccc2)CC(C#N)CC1. The minimum atomic E-state index is -3.43. The third kappa shape index (κ3) is 2.32. The summed E-state index contributed by atoms with van der Waals surface area (Å²) in [6, 6.07) is 10.6. The van der Waals surface area contributed by atoms with Crippen LogP contribution < -0.4 is 0 Å². The molecule has 0 heterocycles. The van der Waals surface area contributed by atoms with E-state index < -0.39 is 9.84 Å². The summed E-state index contributed by atoms with van der Waals surface area (Å²) in [6.07, 6.45) is 1.80. The molecular weight excluding hydrogens is 246 g/mol. The number of allylic oxidation sites excluding steroid dienone is 2. The monoisotopic (exact) mass is 261 g/mol. The molecule has 1 aliphatic rings. The van der Waals surface area contributed by atoms with Crippen LogP contribution in [0.25, 0.3) is 0 Å². The largest absolute Gasteiger partial charge is 0.219 e. The fourth-order valence-electron chi connectivity index (χ4n) is 2.22. The average molecular weight is 261 g/mol. The Morgan fingerprint density at radius 2 is 1.94 bits per heavy atom. The van der Waals surface area contributed by atoms with Gasteiger partial charge in [0.1, 0.15) is 0 Å². The van der Waals surface area contributed by atoms with Crippen LogP contribution in [-0.2, 0) is 9.84 Å². The Labute approximate surface area is 108 Å². The van der Waals surface area contributed by atoms with E-state index in [0.29, 0.717) is 22.6 Å². The van der Waals surface area contributed by atoms with Crippen molar-refractivity contribution in [3.63, 3.8) is 0 Å². The normalized spacial score (nSPS) is 20.6. The molecule has 1 atom stereocenters. The van der Waals surface area contributed by atoms with Gasteiger partial charge in [-0.15, -0.1) is 0 Å². The molecule has 3 nitrogen and oxygen atoms in total. The molecule has 0 aliphatic heterocycles. The highest BCUT2D eigenvalue weighted by Crippen LogP contribution is 2.35. The number of hydrogen-bond donors (Lipinski definition) is 0. The van der Waals surface area contributed by atoms with Crippen molar-refractivity contribution >= 4 is 9.84 Å². The highest BCUT2D eigenvalue weighted by Gasteiger charge is 2.28. The fourth-order valence-corrected chi connectivity index (χ4v) is 4.00. The number of rotatable bonds is 2. The van der Waals surface area contributed by atoms with Gasteiger partial charge >= 0.3 is 0 Å². The molecule has 18 heavy (non-hydrogen) atoms. The zero-order valence-electron chi connectivity index (χ0n) is 10.3. The van der Waals surface area contributed by atoms with E-state index in [2.05, 4.69) is 6.07 Å². The number of sulfone groups is 1. The lowest BCUT2D eigenvalue weighted by atomic mass is 9.91. The van der Waals surface area contributed by atoms with Gasteiger partial charge in [0, 0.05) is 4.91 Å². The number of hydrogen-bond acceptors (Lipinski definition) is 3. The maximum absolute atomic E-state index is 12.5. The first-order valence-electron chi connectivity index (χ1n) is 5.94. The Morgan fingerprint density at radius 1 is 1.28 bits per heavy atom. The van der Waals surface area contributed by atoms with Crippen molar-refractivity contribution in [1.29, 1.82) is 5.26 Å². The quantitative estimate of drug-likeness (QED) is 0.822. The van der Waals surface area contributed by atoms with Crippen LogP contribution in [0, 0.1) is 17.2 Å². The molecule has 1 aliphatic carbocycles. The maximum atomic E-state index is 12.5. The summed E-state index contributed by atoms with van der Waals surface area (Å²) in [5.41, 5.74) is 0.894. The van der Waals surface area contributed by atoms with Gasteiger partial charge in [0.05, 0.1) is 16.9 Å². The second-order valence-electron chi connectivity index (χ2n) is 4.59. The van der Waals surface area contributed by atoms with Gasteiger partial charge in [0.2, 0.25) is 9.84 Å². The fraction of sp³-hybridized carbons (Fsp3) is 0.357. The highest BCUT2D eigenvalue weighted by atomic mass is 32.2. The molecule has 1 unspecified atom stereocenters. The second-order valence-corrected chi connectivity index (χ2v) is 6.56. The van der Waals surface area contributed by atoms with Crippen LogP contribution in [0.4, 0.5) is 0 Å². The molecule has 1 aromatic rings. The van der Waals surface area contributed by atoms with E-state index in [1.165, 1.54) is 0 Å². The Balaban J connectivity index is 2.45. The van der Waals surface area contributed by atoms with Crippen LogP contribution in [0.15, 0.2) is 45.7 Å². The van der Waals surface area contributed by atoms with Gasteiger partial charge in [-0.2, -0.15) is 5.26 Å². The first-order chi connectivity index (χ1) is 8.55. The van der Waals surface area contributed by atoms with E-state index in [0.717, 1.165) is 12.0 Å². The molecule has 4 heteroatoms. The summed E-state index contributed by atoms with van der Waals surface area (Å²) in [5.74, 6) is -0.179. The summed E-state index contributed by atoms with van der Waals surface area (Å²) in [7, 11) is -3.43. The van der Waals surface area contributed by atoms with Crippen molar-refractivity contribution in [3.05, 3.63) is 40.8 Å². The van der Waals surface area contributed by atoms with Gasteiger partial charge in [-0.3, -0.25) is 0 Å². The van der Waals surface area contributed by atoms with Crippen LogP contribution >= 0.6 is 0 Å². The standard InChI is InChI=1S/C14H15NO2S/c1-11-7-8-12(10-15)9-14(11)18(16,17)13-5-3-2-4-6-13/h2-6,12H,7-9H2,1H3. The molecule has 0 fully saturated rings. The van der Waals surface area contributed by atoms with Gasteiger partial charge in [-0.05, 0) is 38.3 Å². The van der Waals surface area contributed by atoms with Crippen LogP contribution in [0.5, 0.6) is 0 Å². The molecule has 0 aromatic heterocycles. The van der Waals surface area contributed by atoms with Crippen LogP contribution in [0.2, 0.25) is 0 Å². The smallest absolute Gasteiger partial charge is 0.202 e. The molecule has 1 aromatic carbocycles. The van der Waals surface area contributed by atoms with Gasteiger partial charge in [-0.25, -0.2) is 8.42 Å². The van der Waals surface area contributed by atoms with Crippen molar-refractivity contribution < 1.29 is 8.42 Å². The van der Waals surface area contributed by atoms with E-state index in [9.17, 15) is 8.42 Å². The van der Waals surface area contributed by atoms with Gasteiger partial charge in [0.25, 0.3) is 0 Å². The number of nitrogens with zero attached hydrogens (tertiary/aromatic N) is 1. The first kappa shape index (κ1) is 12.8. The third-order valence-corrected chi connectivity index (χ3v) is 5.39. The third-order valence-electron chi connectivity index (χ3n) is 3.34. The molecule has 94 valence electrons. The molecule has 0 radical (unpaired) electrons. The van der Waals surface area contributed by atoms with E-state index in [-0.39, 0.29) is 5.92 Å². The van der Waals surface area contributed by atoms with E-state index in [1.54, 1.807) is 30.3 Å². The lowest BCUT2D eigenvalue weighted by Crippen LogP contribution is -2.15. The molecule has 0 amide bonds. The summed E-state index contributed by atoms with van der Waals surface area (Å²) in [4.78, 5) is 0.754. The van der Waals surface area contributed by atoms with E-state index >= 15 is 0 Å². The van der Waals surface area contributed by atoms with Gasteiger partial charge in [0.15, 0.2) is 0 Å². The van der Waals surface area contributed by atoms with Gasteiger partial charge in [-0.1, -0.05) is 23.8 Å². The lowest BCUT2D eigenvalue weighted by Gasteiger charge is -2.21. The van der Waals surface area contributed by atoms with E-state index in [4.69, 9.17) is 5.26 Å². The molecule has 0 N–H and O–H groups in total.